The number of carboxylic acid groups (broad SMARTS) is 1. The lowest BCUT2D eigenvalue weighted by Gasteiger charge is -2.02. The summed E-state index contributed by atoms with van der Waals surface area (Å²) >= 11 is 11.5. The van der Waals surface area contributed by atoms with Crippen LogP contribution >= 0.6 is 23.2 Å². The van der Waals surface area contributed by atoms with Crippen LogP contribution in [0.25, 0.3) is 11.4 Å². The molecule has 86 valence electrons. The van der Waals surface area contributed by atoms with Gasteiger partial charge in [0.25, 0.3) is 0 Å². The zero-order chi connectivity index (χ0) is 12.4. The molecule has 4 nitrogen and oxygen atoms in total. The third kappa shape index (κ3) is 2.72. The maximum atomic E-state index is 10.7. The van der Waals surface area contributed by atoms with Crippen molar-refractivity contribution in [2.24, 2.45) is 0 Å². The lowest BCUT2D eigenvalue weighted by molar-refractivity contribution is 0.0697. The maximum Gasteiger partial charge on any atom is 0.335 e. The van der Waals surface area contributed by atoms with Crippen molar-refractivity contribution in [1.29, 1.82) is 0 Å². The lowest BCUT2D eigenvalue weighted by Crippen LogP contribution is -1.96. The molecule has 0 aliphatic heterocycles. The Morgan fingerprint density at radius 2 is 1.59 bits per heavy atom. The van der Waals surface area contributed by atoms with Crippen molar-refractivity contribution in [3.8, 4) is 11.4 Å². The van der Waals surface area contributed by atoms with Crippen molar-refractivity contribution in [3.05, 3.63) is 46.2 Å². The van der Waals surface area contributed by atoms with E-state index >= 15 is 0 Å². The van der Waals surface area contributed by atoms with Gasteiger partial charge in [-0.25, -0.2) is 14.8 Å². The molecule has 0 unspecified atom stereocenters. The van der Waals surface area contributed by atoms with Gasteiger partial charge < -0.3 is 5.11 Å². The monoisotopic (exact) mass is 268 g/mol. The van der Waals surface area contributed by atoms with Gasteiger partial charge in [0.2, 0.25) is 0 Å². The zero-order valence-corrected chi connectivity index (χ0v) is 9.90. The van der Waals surface area contributed by atoms with Crippen LogP contribution in [0.3, 0.4) is 0 Å². The first-order chi connectivity index (χ1) is 8.06. The number of nitrogens with zero attached hydrogens (tertiary/aromatic N) is 2. The van der Waals surface area contributed by atoms with Crippen LogP contribution in [0.4, 0.5) is 0 Å². The number of carbonyl (C=O) groups is 1. The maximum absolute atomic E-state index is 10.7. The van der Waals surface area contributed by atoms with E-state index in [0.717, 1.165) is 0 Å². The molecular formula is C11H6Cl2N2O2. The minimum Gasteiger partial charge on any atom is -0.478 e. The van der Waals surface area contributed by atoms with Gasteiger partial charge in [-0.2, -0.15) is 0 Å². The Balaban J connectivity index is 2.43. The van der Waals surface area contributed by atoms with Crippen molar-refractivity contribution in [2.75, 3.05) is 0 Å². The van der Waals surface area contributed by atoms with Gasteiger partial charge in [-0.05, 0) is 12.1 Å². The smallest absolute Gasteiger partial charge is 0.335 e. The van der Waals surface area contributed by atoms with E-state index in [1.807, 2.05) is 0 Å². The van der Waals surface area contributed by atoms with Gasteiger partial charge >= 0.3 is 5.97 Å². The van der Waals surface area contributed by atoms with Crippen LogP contribution in [0.1, 0.15) is 10.4 Å². The second-order valence-corrected chi connectivity index (χ2v) is 3.99. The fourth-order valence-electron chi connectivity index (χ4n) is 1.28. The van der Waals surface area contributed by atoms with E-state index in [2.05, 4.69) is 9.97 Å². The molecule has 1 heterocycles. The third-order valence-corrected chi connectivity index (χ3v) is 2.44. The topological polar surface area (TPSA) is 63.1 Å². The van der Waals surface area contributed by atoms with Crippen LogP contribution in [0, 0.1) is 0 Å². The standard InChI is InChI=1S/C11H6Cl2N2O2/c12-8-5-9(13)15-10(14-8)6-1-3-7(4-2-6)11(16)17/h1-5H,(H,16,17). The molecule has 6 heteroatoms. The minimum absolute atomic E-state index is 0.196. The van der Waals surface area contributed by atoms with Gasteiger partial charge in [0.1, 0.15) is 10.3 Å². The molecule has 17 heavy (non-hydrogen) atoms. The molecule has 0 saturated heterocycles. The highest BCUT2D eigenvalue weighted by atomic mass is 35.5. The van der Waals surface area contributed by atoms with Crippen molar-refractivity contribution in [2.45, 2.75) is 0 Å². The first-order valence-electron chi connectivity index (χ1n) is 4.60. The molecule has 2 rings (SSSR count). The fraction of sp³-hybridized carbons (Fsp3) is 0. The molecule has 0 bridgehead atoms. The van der Waals surface area contributed by atoms with Crippen LogP contribution in [-0.4, -0.2) is 21.0 Å². The second-order valence-electron chi connectivity index (χ2n) is 3.22. The Hall–Kier alpha value is -1.65. The number of aromatic nitrogens is 2. The average molecular weight is 269 g/mol. The highest BCUT2D eigenvalue weighted by Crippen LogP contribution is 2.20. The van der Waals surface area contributed by atoms with Crippen molar-refractivity contribution >= 4 is 29.2 Å². The Bertz CT molecular complexity index is 550. The molecule has 0 aliphatic rings. The normalized spacial score (nSPS) is 10.2. The van der Waals surface area contributed by atoms with Gasteiger partial charge in [0, 0.05) is 11.6 Å². The number of hydrogen-bond acceptors (Lipinski definition) is 3. The van der Waals surface area contributed by atoms with E-state index in [1.54, 1.807) is 12.1 Å². The van der Waals surface area contributed by atoms with Crippen molar-refractivity contribution < 1.29 is 9.90 Å². The van der Waals surface area contributed by atoms with Crippen LogP contribution < -0.4 is 0 Å². The van der Waals surface area contributed by atoms with E-state index in [4.69, 9.17) is 28.3 Å². The third-order valence-electron chi connectivity index (χ3n) is 2.05. The van der Waals surface area contributed by atoms with Gasteiger partial charge in [-0.15, -0.1) is 0 Å². The number of hydrogen-bond donors (Lipinski definition) is 1. The Morgan fingerprint density at radius 3 is 2.06 bits per heavy atom. The van der Waals surface area contributed by atoms with Gasteiger partial charge in [0.05, 0.1) is 5.56 Å². The molecule has 0 radical (unpaired) electrons. The van der Waals surface area contributed by atoms with Crippen molar-refractivity contribution in [1.82, 2.24) is 9.97 Å². The van der Waals surface area contributed by atoms with E-state index in [1.165, 1.54) is 18.2 Å². The highest BCUT2D eigenvalue weighted by Gasteiger charge is 2.07. The first kappa shape index (κ1) is 11.8. The number of rotatable bonds is 2. The molecule has 0 amide bonds. The molecule has 1 aromatic carbocycles. The summed E-state index contributed by atoms with van der Waals surface area (Å²) in [4.78, 5) is 18.7. The Morgan fingerprint density at radius 1 is 1.06 bits per heavy atom. The zero-order valence-electron chi connectivity index (χ0n) is 8.39. The number of carboxylic acids is 1. The number of benzene rings is 1. The van der Waals surface area contributed by atoms with Gasteiger partial charge in [-0.3, -0.25) is 0 Å². The summed E-state index contributed by atoms with van der Waals surface area (Å²) in [6.07, 6.45) is 0. The summed E-state index contributed by atoms with van der Waals surface area (Å²) in [6, 6.07) is 7.57. The van der Waals surface area contributed by atoms with Crippen LogP contribution in [0.2, 0.25) is 10.3 Å². The minimum atomic E-state index is -0.985. The Kier molecular flexibility index (Phi) is 3.26. The van der Waals surface area contributed by atoms with Crippen molar-refractivity contribution in [3.63, 3.8) is 0 Å². The summed E-state index contributed by atoms with van der Waals surface area (Å²) in [5, 5.41) is 9.24. The Labute approximate surface area is 107 Å². The van der Waals surface area contributed by atoms with E-state index in [-0.39, 0.29) is 15.9 Å². The van der Waals surface area contributed by atoms with Crippen LogP contribution in [-0.2, 0) is 0 Å². The molecular weight excluding hydrogens is 263 g/mol. The summed E-state index contributed by atoms with van der Waals surface area (Å²) in [5.74, 6) is -0.624. The predicted octanol–water partition coefficient (Wildman–Crippen LogP) is 3.15. The molecule has 0 aliphatic carbocycles. The molecule has 0 spiro atoms. The van der Waals surface area contributed by atoms with E-state index in [0.29, 0.717) is 11.4 Å². The van der Waals surface area contributed by atoms with Gasteiger partial charge in [0.15, 0.2) is 5.82 Å². The van der Waals surface area contributed by atoms with E-state index in [9.17, 15) is 4.79 Å². The molecule has 0 atom stereocenters. The summed E-state index contributed by atoms with van der Waals surface area (Å²) < 4.78 is 0. The number of aromatic carboxylic acids is 1. The first-order valence-corrected chi connectivity index (χ1v) is 5.35. The van der Waals surface area contributed by atoms with E-state index < -0.39 is 5.97 Å². The molecule has 0 fully saturated rings. The molecule has 0 saturated carbocycles. The largest absolute Gasteiger partial charge is 0.478 e. The molecule has 1 aromatic heterocycles. The highest BCUT2D eigenvalue weighted by molar-refractivity contribution is 6.33. The average Bonchev–Trinajstić information content (AvgIpc) is 2.28. The second kappa shape index (κ2) is 4.69. The molecule has 2 aromatic rings. The lowest BCUT2D eigenvalue weighted by atomic mass is 10.1. The quantitative estimate of drug-likeness (QED) is 0.850. The van der Waals surface area contributed by atoms with Gasteiger partial charge in [-0.1, -0.05) is 35.3 Å². The predicted molar refractivity (Wildman–Crippen MR) is 64.4 cm³/mol. The number of halogens is 2. The summed E-state index contributed by atoms with van der Waals surface area (Å²) in [5.41, 5.74) is 0.848. The van der Waals surface area contributed by atoms with Crippen LogP contribution in [0.5, 0.6) is 0 Å². The summed E-state index contributed by atoms with van der Waals surface area (Å²) in [7, 11) is 0. The molecule has 1 N–H and O–H groups in total. The summed E-state index contributed by atoms with van der Waals surface area (Å²) in [6.45, 7) is 0. The van der Waals surface area contributed by atoms with Crippen LogP contribution in [0.15, 0.2) is 30.3 Å². The fourth-order valence-corrected chi connectivity index (χ4v) is 1.70. The SMILES string of the molecule is O=C(O)c1ccc(-c2nc(Cl)cc(Cl)n2)cc1.